The third-order valence-corrected chi connectivity index (χ3v) is 7.51. The number of benzene rings is 1. The molecule has 6 nitrogen and oxygen atoms in total. The first-order valence-corrected chi connectivity index (χ1v) is 12.9. The second-order valence-corrected chi connectivity index (χ2v) is 9.95. The number of carbonyl (C=O) groups excluding carboxylic acids is 1. The van der Waals surface area contributed by atoms with Gasteiger partial charge in [-0.3, -0.25) is 4.79 Å². The predicted molar refractivity (Wildman–Crippen MR) is 142 cm³/mol. The average Bonchev–Trinajstić information content (AvgIpc) is 3.56. The normalized spacial score (nSPS) is 17.0. The molecular formula is C29H39N3O3. The number of hydrogen-bond donors (Lipinski definition) is 2. The fourth-order valence-corrected chi connectivity index (χ4v) is 5.56. The summed E-state index contributed by atoms with van der Waals surface area (Å²) in [6, 6.07) is 4.93. The van der Waals surface area contributed by atoms with E-state index < -0.39 is 0 Å². The van der Waals surface area contributed by atoms with Gasteiger partial charge in [-0.25, -0.2) is 4.98 Å². The van der Waals surface area contributed by atoms with Crippen molar-refractivity contribution in [2.24, 2.45) is 0 Å². The number of ether oxygens (including phenoxy) is 2. The minimum Gasteiger partial charge on any atom is -0.496 e. The van der Waals surface area contributed by atoms with Crippen LogP contribution in [0.5, 0.6) is 11.5 Å². The summed E-state index contributed by atoms with van der Waals surface area (Å²) < 4.78 is 11.8. The van der Waals surface area contributed by atoms with Crippen molar-refractivity contribution in [3.05, 3.63) is 40.6 Å². The Bertz CT molecular complexity index is 1080. The molecule has 0 atom stereocenters. The molecule has 0 saturated heterocycles. The standard InChI is InChI=1S/C29H39N3O3/c1-18(29(33)32-23-12-8-9-13-23)16-24-19(2)28(35-5)26(20(3)27(24)34-4)21-14-15-25(30-17-21)31-22-10-6-7-11-22/h14-17,22-23H,6-13H2,1-5H3,(H,30,31)(H,32,33)/b18-16+. The molecular weight excluding hydrogens is 438 g/mol. The van der Waals surface area contributed by atoms with Gasteiger partial charge in [-0.2, -0.15) is 0 Å². The van der Waals surface area contributed by atoms with E-state index in [2.05, 4.69) is 16.7 Å². The van der Waals surface area contributed by atoms with E-state index in [4.69, 9.17) is 14.5 Å². The molecule has 2 saturated carbocycles. The molecule has 1 aromatic carbocycles. The fourth-order valence-electron chi connectivity index (χ4n) is 5.56. The summed E-state index contributed by atoms with van der Waals surface area (Å²) in [5.74, 6) is 2.41. The van der Waals surface area contributed by atoms with E-state index in [0.717, 1.165) is 58.0 Å². The van der Waals surface area contributed by atoms with Crippen LogP contribution < -0.4 is 20.1 Å². The van der Waals surface area contributed by atoms with Gasteiger partial charge in [0.2, 0.25) is 5.91 Å². The molecule has 1 amide bonds. The van der Waals surface area contributed by atoms with E-state index in [1.54, 1.807) is 14.2 Å². The molecule has 6 heteroatoms. The second-order valence-electron chi connectivity index (χ2n) is 9.95. The monoisotopic (exact) mass is 477 g/mol. The van der Waals surface area contributed by atoms with E-state index in [9.17, 15) is 4.79 Å². The van der Waals surface area contributed by atoms with Crippen molar-refractivity contribution < 1.29 is 14.3 Å². The first-order chi connectivity index (χ1) is 16.9. The van der Waals surface area contributed by atoms with Gasteiger partial charge in [-0.1, -0.05) is 25.7 Å². The Morgan fingerprint density at radius 2 is 1.57 bits per heavy atom. The predicted octanol–water partition coefficient (Wildman–Crippen LogP) is 6.20. The molecule has 2 aliphatic rings. The fraction of sp³-hybridized carbons (Fsp3) is 0.517. The van der Waals surface area contributed by atoms with Gasteiger partial charge < -0.3 is 20.1 Å². The second kappa shape index (κ2) is 11.1. The lowest BCUT2D eigenvalue weighted by Crippen LogP contribution is -2.33. The van der Waals surface area contributed by atoms with E-state index >= 15 is 0 Å². The van der Waals surface area contributed by atoms with Crippen LogP contribution in [0, 0.1) is 13.8 Å². The van der Waals surface area contributed by atoms with Crippen LogP contribution in [0.4, 0.5) is 5.82 Å². The van der Waals surface area contributed by atoms with Crippen LogP contribution in [0.1, 0.15) is 75.0 Å². The summed E-state index contributed by atoms with van der Waals surface area (Å²) in [5.41, 5.74) is 5.37. The van der Waals surface area contributed by atoms with Gasteiger partial charge in [0.15, 0.2) is 0 Å². The van der Waals surface area contributed by atoms with Crippen molar-refractivity contribution in [2.75, 3.05) is 19.5 Å². The zero-order chi connectivity index (χ0) is 24.9. The molecule has 2 aromatic rings. The highest BCUT2D eigenvalue weighted by Crippen LogP contribution is 2.44. The lowest BCUT2D eigenvalue weighted by atomic mass is 9.91. The number of amides is 1. The first-order valence-electron chi connectivity index (χ1n) is 12.9. The summed E-state index contributed by atoms with van der Waals surface area (Å²) in [6.07, 6.45) is 13.3. The molecule has 1 aromatic heterocycles. The van der Waals surface area contributed by atoms with Gasteiger partial charge in [0.05, 0.1) is 14.2 Å². The van der Waals surface area contributed by atoms with Crippen LogP contribution in [0.2, 0.25) is 0 Å². The maximum Gasteiger partial charge on any atom is 0.247 e. The Kier molecular flexibility index (Phi) is 7.99. The Balaban J connectivity index is 1.67. The maximum atomic E-state index is 12.8. The smallest absolute Gasteiger partial charge is 0.247 e. The van der Waals surface area contributed by atoms with Gasteiger partial charge in [-0.05, 0) is 64.7 Å². The molecule has 35 heavy (non-hydrogen) atoms. The Morgan fingerprint density at radius 3 is 2.14 bits per heavy atom. The number of nitrogens with one attached hydrogen (secondary N) is 2. The third-order valence-electron chi connectivity index (χ3n) is 7.51. The minimum absolute atomic E-state index is 0.0198. The molecule has 4 rings (SSSR count). The molecule has 0 bridgehead atoms. The number of pyridine rings is 1. The molecule has 1 heterocycles. The number of anilines is 1. The van der Waals surface area contributed by atoms with E-state index in [-0.39, 0.29) is 11.9 Å². The van der Waals surface area contributed by atoms with Crippen LogP contribution in [0.15, 0.2) is 23.9 Å². The molecule has 0 radical (unpaired) electrons. The van der Waals surface area contributed by atoms with Crippen molar-refractivity contribution >= 4 is 17.8 Å². The SMILES string of the molecule is COc1c(C)c(-c2ccc(NC3CCCC3)nc2)c(OC)c(C)c1/C=C(\C)C(=O)NC1CCCC1. The van der Waals surface area contributed by atoms with Crippen LogP contribution in [0.3, 0.4) is 0 Å². The summed E-state index contributed by atoms with van der Waals surface area (Å²) in [4.78, 5) is 17.5. The highest BCUT2D eigenvalue weighted by Gasteiger charge is 2.23. The summed E-state index contributed by atoms with van der Waals surface area (Å²) in [7, 11) is 3.37. The van der Waals surface area contributed by atoms with Gasteiger partial charge in [0.1, 0.15) is 17.3 Å². The summed E-state index contributed by atoms with van der Waals surface area (Å²) >= 11 is 0. The Morgan fingerprint density at radius 1 is 0.943 bits per heavy atom. The van der Waals surface area contributed by atoms with Crippen molar-refractivity contribution in [3.8, 4) is 22.6 Å². The number of nitrogens with zero attached hydrogens (tertiary/aromatic N) is 1. The van der Waals surface area contributed by atoms with Gasteiger partial charge in [0, 0.05) is 51.7 Å². The zero-order valence-electron chi connectivity index (χ0n) is 21.8. The third kappa shape index (κ3) is 5.47. The Labute approximate surface area is 209 Å². The van der Waals surface area contributed by atoms with Crippen LogP contribution >= 0.6 is 0 Å². The lowest BCUT2D eigenvalue weighted by molar-refractivity contribution is -0.118. The Hall–Kier alpha value is -3.02. The van der Waals surface area contributed by atoms with Crippen molar-refractivity contribution in [2.45, 2.75) is 84.2 Å². The highest BCUT2D eigenvalue weighted by molar-refractivity contribution is 5.98. The van der Waals surface area contributed by atoms with Crippen molar-refractivity contribution in [3.63, 3.8) is 0 Å². The highest BCUT2D eigenvalue weighted by atomic mass is 16.5. The van der Waals surface area contributed by atoms with Gasteiger partial charge >= 0.3 is 0 Å². The summed E-state index contributed by atoms with van der Waals surface area (Å²) in [5, 5.41) is 6.72. The van der Waals surface area contributed by atoms with Gasteiger partial charge in [0.25, 0.3) is 0 Å². The van der Waals surface area contributed by atoms with E-state index in [1.165, 1.54) is 38.5 Å². The summed E-state index contributed by atoms with van der Waals surface area (Å²) in [6.45, 7) is 5.91. The quantitative estimate of drug-likeness (QED) is 0.443. The van der Waals surface area contributed by atoms with Crippen molar-refractivity contribution in [1.29, 1.82) is 0 Å². The molecule has 2 N–H and O–H groups in total. The van der Waals surface area contributed by atoms with E-state index in [0.29, 0.717) is 11.6 Å². The number of hydrogen-bond acceptors (Lipinski definition) is 5. The molecule has 0 spiro atoms. The molecule has 2 fully saturated rings. The lowest BCUT2D eigenvalue weighted by Gasteiger charge is -2.22. The van der Waals surface area contributed by atoms with Crippen LogP contribution in [0.25, 0.3) is 17.2 Å². The topological polar surface area (TPSA) is 72.5 Å². The number of methoxy groups -OCH3 is 2. The van der Waals surface area contributed by atoms with Crippen LogP contribution in [-0.4, -0.2) is 37.2 Å². The molecule has 2 aliphatic carbocycles. The first kappa shape index (κ1) is 25.1. The molecule has 0 unspecified atom stereocenters. The van der Waals surface area contributed by atoms with Gasteiger partial charge in [-0.15, -0.1) is 0 Å². The number of aromatic nitrogens is 1. The maximum absolute atomic E-state index is 12.8. The van der Waals surface area contributed by atoms with E-state index in [1.807, 2.05) is 39.1 Å². The number of carbonyl (C=O) groups is 1. The zero-order valence-corrected chi connectivity index (χ0v) is 21.8. The van der Waals surface area contributed by atoms with Crippen LogP contribution in [-0.2, 0) is 4.79 Å². The average molecular weight is 478 g/mol. The number of rotatable bonds is 8. The van der Waals surface area contributed by atoms with Crippen molar-refractivity contribution in [1.82, 2.24) is 10.3 Å². The minimum atomic E-state index is -0.0198. The molecule has 0 aliphatic heterocycles. The largest absolute Gasteiger partial charge is 0.496 e. The molecule has 188 valence electrons.